The monoisotopic (exact) mass is 354 g/mol. The van der Waals surface area contributed by atoms with Crippen molar-refractivity contribution in [3.05, 3.63) is 28.2 Å². The van der Waals surface area contributed by atoms with Gasteiger partial charge in [0, 0.05) is 36.4 Å². The SMILES string of the molecule is CCCNC(C)c1ccc(Br)cc1N1CCCC(OC)C1. The van der Waals surface area contributed by atoms with E-state index in [1.807, 2.05) is 7.11 Å². The maximum absolute atomic E-state index is 5.57. The first-order chi connectivity index (χ1) is 10.2. The number of hydrogen-bond acceptors (Lipinski definition) is 3. The van der Waals surface area contributed by atoms with E-state index in [9.17, 15) is 0 Å². The number of rotatable bonds is 6. The molecule has 1 aromatic rings. The molecule has 0 radical (unpaired) electrons. The van der Waals surface area contributed by atoms with Crippen LogP contribution in [0.1, 0.15) is 44.7 Å². The summed E-state index contributed by atoms with van der Waals surface area (Å²) in [7, 11) is 1.82. The van der Waals surface area contributed by atoms with Gasteiger partial charge in [0.25, 0.3) is 0 Å². The topological polar surface area (TPSA) is 24.5 Å². The van der Waals surface area contributed by atoms with Gasteiger partial charge in [-0.1, -0.05) is 28.9 Å². The van der Waals surface area contributed by atoms with E-state index in [0.29, 0.717) is 12.1 Å². The lowest BCUT2D eigenvalue weighted by Gasteiger charge is -2.36. The fraction of sp³-hybridized carbons (Fsp3) is 0.647. The summed E-state index contributed by atoms with van der Waals surface area (Å²) in [6.45, 7) is 7.61. The average Bonchev–Trinajstić information content (AvgIpc) is 2.52. The Morgan fingerprint density at radius 1 is 1.48 bits per heavy atom. The molecule has 4 heteroatoms. The van der Waals surface area contributed by atoms with Crippen molar-refractivity contribution in [2.75, 3.05) is 31.6 Å². The van der Waals surface area contributed by atoms with Crippen molar-refractivity contribution in [1.29, 1.82) is 0 Å². The molecular formula is C17H27BrN2O. The van der Waals surface area contributed by atoms with Crippen molar-refractivity contribution < 1.29 is 4.74 Å². The highest BCUT2D eigenvalue weighted by Crippen LogP contribution is 2.32. The van der Waals surface area contributed by atoms with Crippen LogP contribution in [0.4, 0.5) is 5.69 Å². The predicted octanol–water partition coefficient (Wildman–Crippen LogP) is 4.12. The third kappa shape index (κ3) is 4.44. The summed E-state index contributed by atoms with van der Waals surface area (Å²) in [5, 5.41) is 3.60. The lowest BCUT2D eigenvalue weighted by Crippen LogP contribution is -2.40. The molecule has 1 fully saturated rings. The molecule has 118 valence electrons. The standard InChI is InChI=1S/C17H27BrN2O/c1-4-9-19-13(2)16-8-7-14(18)11-17(16)20-10-5-6-15(12-20)21-3/h7-8,11,13,15,19H,4-6,9-10,12H2,1-3H3. The number of benzene rings is 1. The summed E-state index contributed by atoms with van der Waals surface area (Å²) >= 11 is 3.62. The number of anilines is 1. The zero-order chi connectivity index (χ0) is 15.2. The Morgan fingerprint density at radius 3 is 3.00 bits per heavy atom. The highest BCUT2D eigenvalue weighted by molar-refractivity contribution is 9.10. The summed E-state index contributed by atoms with van der Waals surface area (Å²) < 4.78 is 6.71. The molecule has 21 heavy (non-hydrogen) atoms. The van der Waals surface area contributed by atoms with Gasteiger partial charge in [-0.2, -0.15) is 0 Å². The first-order valence-electron chi connectivity index (χ1n) is 7.96. The number of nitrogens with zero attached hydrogens (tertiary/aromatic N) is 1. The number of ether oxygens (including phenoxy) is 1. The van der Waals surface area contributed by atoms with Crippen LogP contribution in [0.5, 0.6) is 0 Å². The lowest BCUT2D eigenvalue weighted by molar-refractivity contribution is 0.0893. The molecule has 0 spiro atoms. The summed E-state index contributed by atoms with van der Waals surface area (Å²) in [5.74, 6) is 0. The van der Waals surface area contributed by atoms with E-state index >= 15 is 0 Å². The second kappa shape index (κ2) is 8.16. The molecule has 1 saturated heterocycles. The minimum absolute atomic E-state index is 0.351. The van der Waals surface area contributed by atoms with Crippen molar-refractivity contribution in [2.24, 2.45) is 0 Å². The first-order valence-corrected chi connectivity index (χ1v) is 8.75. The first kappa shape index (κ1) is 16.8. The predicted molar refractivity (Wildman–Crippen MR) is 93.1 cm³/mol. The second-order valence-corrected chi connectivity index (χ2v) is 6.74. The number of hydrogen-bond donors (Lipinski definition) is 1. The summed E-state index contributed by atoms with van der Waals surface area (Å²) in [5.41, 5.74) is 2.71. The van der Waals surface area contributed by atoms with Gasteiger partial charge in [-0.05, 0) is 50.4 Å². The smallest absolute Gasteiger partial charge is 0.0746 e. The van der Waals surface area contributed by atoms with Gasteiger partial charge in [-0.3, -0.25) is 0 Å². The molecule has 3 nitrogen and oxygen atoms in total. The van der Waals surface area contributed by atoms with E-state index in [0.717, 1.165) is 30.5 Å². The third-order valence-corrected chi connectivity index (χ3v) is 4.70. The molecule has 1 heterocycles. The molecule has 0 bridgehead atoms. The van der Waals surface area contributed by atoms with Crippen LogP contribution in [0.3, 0.4) is 0 Å². The van der Waals surface area contributed by atoms with Crippen LogP contribution >= 0.6 is 15.9 Å². The van der Waals surface area contributed by atoms with Gasteiger partial charge < -0.3 is 15.0 Å². The van der Waals surface area contributed by atoms with Gasteiger partial charge in [0.15, 0.2) is 0 Å². The fourth-order valence-corrected chi connectivity index (χ4v) is 3.33. The Kier molecular flexibility index (Phi) is 6.52. The molecule has 0 amide bonds. The van der Waals surface area contributed by atoms with Gasteiger partial charge >= 0.3 is 0 Å². The molecule has 1 N–H and O–H groups in total. The summed E-state index contributed by atoms with van der Waals surface area (Å²) in [4.78, 5) is 2.47. The van der Waals surface area contributed by atoms with Crippen LogP contribution in [0.15, 0.2) is 22.7 Å². The zero-order valence-corrected chi connectivity index (χ0v) is 14.9. The number of nitrogens with one attached hydrogen (secondary N) is 1. The number of piperidine rings is 1. The molecule has 2 unspecified atom stereocenters. The van der Waals surface area contributed by atoms with E-state index in [1.54, 1.807) is 0 Å². The molecule has 2 atom stereocenters. The molecule has 0 aliphatic carbocycles. The molecule has 2 rings (SSSR count). The van der Waals surface area contributed by atoms with E-state index in [4.69, 9.17) is 4.74 Å². The van der Waals surface area contributed by atoms with Crippen LogP contribution in [0.25, 0.3) is 0 Å². The Morgan fingerprint density at radius 2 is 2.29 bits per heavy atom. The van der Waals surface area contributed by atoms with E-state index < -0.39 is 0 Å². The Balaban J connectivity index is 2.22. The quantitative estimate of drug-likeness (QED) is 0.831. The van der Waals surface area contributed by atoms with Gasteiger partial charge in [0.05, 0.1) is 6.10 Å². The Labute approximate surface area is 137 Å². The zero-order valence-electron chi connectivity index (χ0n) is 13.4. The van der Waals surface area contributed by atoms with Crippen molar-refractivity contribution in [2.45, 2.75) is 45.3 Å². The maximum Gasteiger partial charge on any atom is 0.0746 e. The Hall–Kier alpha value is -0.580. The van der Waals surface area contributed by atoms with Gasteiger partial charge in [0.1, 0.15) is 0 Å². The minimum Gasteiger partial charge on any atom is -0.380 e. The lowest BCUT2D eigenvalue weighted by atomic mass is 10.0. The molecule has 0 saturated carbocycles. The van der Waals surface area contributed by atoms with Crippen LogP contribution in [0.2, 0.25) is 0 Å². The van der Waals surface area contributed by atoms with Gasteiger partial charge in [0.2, 0.25) is 0 Å². The van der Waals surface area contributed by atoms with Crippen molar-refractivity contribution >= 4 is 21.6 Å². The summed E-state index contributed by atoms with van der Waals surface area (Å²) in [6, 6.07) is 7.00. The maximum atomic E-state index is 5.57. The molecular weight excluding hydrogens is 328 g/mol. The van der Waals surface area contributed by atoms with Crippen molar-refractivity contribution in [1.82, 2.24) is 5.32 Å². The van der Waals surface area contributed by atoms with Gasteiger partial charge in [-0.25, -0.2) is 0 Å². The Bertz CT molecular complexity index is 452. The third-order valence-electron chi connectivity index (χ3n) is 4.21. The normalized spacial score (nSPS) is 20.6. The van der Waals surface area contributed by atoms with E-state index in [1.165, 1.54) is 24.1 Å². The van der Waals surface area contributed by atoms with Gasteiger partial charge in [-0.15, -0.1) is 0 Å². The van der Waals surface area contributed by atoms with Crippen LogP contribution < -0.4 is 10.2 Å². The highest BCUT2D eigenvalue weighted by Gasteiger charge is 2.23. The summed E-state index contributed by atoms with van der Waals surface area (Å²) in [6.07, 6.45) is 3.87. The molecule has 1 aliphatic rings. The van der Waals surface area contributed by atoms with E-state index in [-0.39, 0.29) is 0 Å². The van der Waals surface area contributed by atoms with Crippen molar-refractivity contribution in [3.63, 3.8) is 0 Å². The molecule has 1 aliphatic heterocycles. The number of halogens is 1. The second-order valence-electron chi connectivity index (χ2n) is 5.82. The van der Waals surface area contributed by atoms with Crippen molar-refractivity contribution in [3.8, 4) is 0 Å². The van der Waals surface area contributed by atoms with Crippen LogP contribution in [-0.2, 0) is 4.74 Å². The highest BCUT2D eigenvalue weighted by atomic mass is 79.9. The average molecular weight is 355 g/mol. The van der Waals surface area contributed by atoms with Crippen LogP contribution in [-0.4, -0.2) is 32.8 Å². The molecule has 0 aromatic heterocycles. The molecule has 1 aromatic carbocycles. The number of methoxy groups -OCH3 is 1. The minimum atomic E-state index is 0.351. The fourth-order valence-electron chi connectivity index (χ4n) is 2.98. The van der Waals surface area contributed by atoms with E-state index in [2.05, 4.69) is 58.2 Å². The largest absolute Gasteiger partial charge is 0.380 e. The van der Waals surface area contributed by atoms with Crippen LogP contribution in [0, 0.1) is 0 Å².